The SMILES string of the molecule is O=C(c1sc2ccccc2c1CC1CCCCN1)N1CCOCC1. The van der Waals surface area contributed by atoms with Crippen LogP contribution in [0.4, 0.5) is 0 Å². The summed E-state index contributed by atoms with van der Waals surface area (Å²) in [6.45, 7) is 3.80. The predicted molar refractivity (Wildman–Crippen MR) is 97.9 cm³/mol. The van der Waals surface area contributed by atoms with E-state index in [2.05, 4.69) is 29.6 Å². The van der Waals surface area contributed by atoms with Crippen molar-refractivity contribution in [2.45, 2.75) is 31.7 Å². The van der Waals surface area contributed by atoms with Gasteiger partial charge in [-0.05, 0) is 42.8 Å². The average Bonchev–Trinajstić information content (AvgIpc) is 3.01. The monoisotopic (exact) mass is 344 g/mol. The summed E-state index contributed by atoms with van der Waals surface area (Å²) in [7, 11) is 0. The van der Waals surface area contributed by atoms with Crippen molar-refractivity contribution in [3.63, 3.8) is 0 Å². The molecular formula is C19H24N2O2S. The Balaban J connectivity index is 1.67. The van der Waals surface area contributed by atoms with Crippen LogP contribution in [0.25, 0.3) is 10.1 Å². The summed E-state index contributed by atoms with van der Waals surface area (Å²) >= 11 is 1.65. The second kappa shape index (κ2) is 7.21. The van der Waals surface area contributed by atoms with Crippen LogP contribution in [-0.4, -0.2) is 49.7 Å². The first-order chi connectivity index (χ1) is 11.8. The van der Waals surface area contributed by atoms with Crippen molar-refractivity contribution in [2.75, 3.05) is 32.8 Å². The molecule has 0 aliphatic carbocycles. The number of nitrogens with one attached hydrogen (secondary N) is 1. The minimum atomic E-state index is 0.185. The third-order valence-corrected chi connectivity index (χ3v) is 6.25. The summed E-state index contributed by atoms with van der Waals surface area (Å²) in [5, 5.41) is 4.88. The smallest absolute Gasteiger partial charge is 0.264 e. The Kier molecular flexibility index (Phi) is 4.83. The second-order valence-corrected chi connectivity index (χ2v) is 7.71. The first-order valence-corrected chi connectivity index (χ1v) is 9.75. The molecule has 0 saturated carbocycles. The fourth-order valence-electron chi connectivity index (χ4n) is 3.73. The third-order valence-electron chi connectivity index (χ3n) is 5.05. The van der Waals surface area contributed by atoms with E-state index in [1.54, 1.807) is 11.3 Å². The molecule has 0 radical (unpaired) electrons. The number of amides is 1. The van der Waals surface area contributed by atoms with E-state index in [0.717, 1.165) is 17.8 Å². The zero-order valence-corrected chi connectivity index (χ0v) is 14.7. The van der Waals surface area contributed by atoms with Gasteiger partial charge in [-0.15, -0.1) is 11.3 Å². The molecule has 1 atom stereocenters. The molecule has 1 aromatic heterocycles. The zero-order chi connectivity index (χ0) is 16.4. The second-order valence-electron chi connectivity index (χ2n) is 6.66. The molecule has 4 nitrogen and oxygen atoms in total. The van der Waals surface area contributed by atoms with Gasteiger partial charge in [-0.3, -0.25) is 4.79 Å². The first kappa shape index (κ1) is 16.1. The van der Waals surface area contributed by atoms with Gasteiger partial charge < -0.3 is 15.0 Å². The molecule has 0 bridgehead atoms. The number of benzene rings is 1. The van der Waals surface area contributed by atoms with E-state index in [1.807, 2.05) is 4.90 Å². The molecule has 24 heavy (non-hydrogen) atoms. The number of rotatable bonds is 3. The van der Waals surface area contributed by atoms with E-state index in [-0.39, 0.29) is 5.91 Å². The van der Waals surface area contributed by atoms with Crippen molar-refractivity contribution in [3.8, 4) is 0 Å². The van der Waals surface area contributed by atoms with Crippen LogP contribution in [0.15, 0.2) is 24.3 Å². The Labute approximate surface area is 146 Å². The lowest BCUT2D eigenvalue weighted by molar-refractivity contribution is 0.0305. The quantitative estimate of drug-likeness (QED) is 0.930. The molecule has 2 aliphatic heterocycles. The summed E-state index contributed by atoms with van der Waals surface area (Å²) in [4.78, 5) is 16.0. The Bertz CT molecular complexity index is 715. The largest absolute Gasteiger partial charge is 0.378 e. The van der Waals surface area contributed by atoms with Crippen molar-refractivity contribution in [1.29, 1.82) is 0 Å². The van der Waals surface area contributed by atoms with Crippen LogP contribution in [0, 0.1) is 0 Å². The van der Waals surface area contributed by atoms with Gasteiger partial charge in [0.05, 0.1) is 18.1 Å². The van der Waals surface area contributed by atoms with Crippen molar-refractivity contribution in [1.82, 2.24) is 10.2 Å². The summed E-state index contributed by atoms with van der Waals surface area (Å²) < 4.78 is 6.62. The van der Waals surface area contributed by atoms with E-state index in [4.69, 9.17) is 4.74 Å². The van der Waals surface area contributed by atoms with Crippen molar-refractivity contribution < 1.29 is 9.53 Å². The number of hydrogen-bond donors (Lipinski definition) is 1. The van der Waals surface area contributed by atoms with Crippen LogP contribution in [0.3, 0.4) is 0 Å². The molecule has 2 aromatic rings. The number of piperidine rings is 1. The number of morpholine rings is 1. The van der Waals surface area contributed by atoms with Crippen molar-refractivity contribution in [3.05, 3.63) is 34.7 Å². The van der Waals surface area contributed by atoms with Crippen LogP contribution >= 0.6 is 11.3 Å². The zero-order valence-electron chi connectivity index (χ0n) is 13.9. The van der Waals surface area contributed by atoms with Gasteiger partial charge in [0.15, 0.2) is 0 Å². The van der Waals surface area contributed by atoms with Crippen molar-refractivity contribution in [2.24, 2.45) is 0 Å². The molecule has 2 aliphatic rings. The van der Waals surface area contributed by atoms with Crippen molar-refractivity contribution >= 4 is 27.3 Å². The highest BCUT2D eigenvalue weighted by Gasteiger charge is 2.26. The fraction of sp³-hybridized carbons (Fsp3) is 0.526. The minimum absolute atomic E-state index is 0.185. The van der Waals surface area contributed by atoms with Crippen LogP contribution in [-0.2, 0) is 11.2 Å². The summed E-state index contributed by atoms with van der Waals surface area (Å²) in [6, 6.07) is 8.93. The fourth-order valence-corrected chi connectivity index (χ4v) is 4.93. The van der Waals surface area contributed by atoms with E-state index >= 15 is 0 Å². The maximum Gasteiger partial charge on any atom is 0.264 e. The van der Waals surface area contributed by atoms with Gasteiger partial charge in [0.25, 0.3) is 5.91 Å². The highest BCUT2D eigenvalue weighted by atomic mass is 32.1. The molecule has 3 heterocycles. The normalized spacial score (nSPS) is 22.0. The topological polar surface area (TPSA) is 41.6 Å². The van der Waals surface area contributed by atoms with E-state index < -0.39 is 0 Å². The number of ether oxygens (including phenoxy) is 1. The lowest BCUT2D eigenvalue weighted by Gasteiger charge is -2.27. The lowest BCUT2D eigenvalue weighted by Crippen LogP contribution is -2.41. The molecule has 1 aromatic carbocycles. The van der Waals surface area contributed by atoms with Gasteiger partial charge >= 0.3 is 0 Å². The standard InChI is InChI=1S/C19H24N2O2S/c22-19(21-9-11-23-12-10-21)18-16(13-14-5-3-4-8-20-14)15-6-1-2-7-17(15)24-18/h1-2,6-7,14,20H,3-5,8-13H2. The Hall–Kier alpha value is -1.43. The number of carbonyl (C=O) groups is 1. The van der Waals surface area contributed by atoms with Gasteiger partial charge in [0.1, 0.15) is 0 Å². The van der Waals surface area contributed by atoms with E-state index in [1.165, 1.54) is 34.9 Å². The maximum atomic E-state index is 13.1. The van der Waals surface area contributed by atoms with Gasteiger partial charge in [0, 0.05) is 23.8 Å². The highest BCUT2D eigenvalue weighted by Crippen LogP contribution is 2.34. The third kappa shape index (κ3) is 3.21. The number of hydrogen-bond acceptors (Lipinski definition) is 4. The molecular weight excluding hydrogens is 320 g/mol. The van der Waals surface area contributed by atoms with E-state index in [9.17, 15) is 4.79 Å². The first-order valence-electron chi connectivity index (χ1n) is 8.94. The number of carbonyl (C=O) groups excluding carboxylic acids is 1. The van der Waals surface area contributed by atoms with Crippen LogP contribution in [0.1, 0.15) is 34.5 Å². The Morgan fingerprint density at radius 3 is 2.88 bits per heavy atom. The number of thiophene rings is 1. The molecule has 0 spiro atoms. The van der Waals surface area contributed by atoms with Gasteiger partial charge in [-0.1, -0.05) is 24.6 Å². The Morgan fingerprint density at radius 1 is 1.25 bits per heavy atom. The van der Waals surface area contributed by atoms with Gasteiger partial charge in [-0.2, -0.15) is 0 Å². The summed E-state index contributed by atoms with van der Waals surface area (Å²) in [6.07, 6.45) is 4.71. The predicted octanol–water partition coefficient (Wildman–Crippen LogP) is 3.06. The minimum Gasteiger partial charge on any atom is -0.378 e. The van der Waals surface area contributed by atoms with E-state index in [0.29, 0.717) is 32.3 Å². The van der Waals surface area contributed by atoms with Crippen LogP contribution in [0.5, 0.6) is 0 Å². The maximum absolute atomic E-state index is 13.1. The molecule has 2 fully saturated rings. The molecule has 1 N–H and O–H groups in total. The highest BCUT2D eigenvalue weighted by molar-refractivity contribution is 7.21. The molecule has 1 amide bonds. The lowest BCUT2D eigenvalue weighted by atomic mass is 9.96. The summed E-state index contributed by atoms with van der Waals surface area (Å²) in [5.41, 5.74) is 1.24. The van der Waals surface area contributed by atoms with Crippen LogP contribution in [0.2, 0.25) is 0 Å². The molecule has 2 saturated heterocycles. The molecule has 128 valence electrons. The van der Waals surface area contributed by atoms with Gasteiger partial charge in [0.2, 0.25) is 0 Å². The van der Waals surface area contributed by atoms with Crippen LogP contribution < -0.4 is 5.32 Å². The molecule has 1 unspecified atom stereocenters. The number of nitrogens with zero attached hydrogens (tertiary/aromatic N) is 1. The molecule has 5 heteroatoms. The molecule has 4 rings (SSSR count). The van der Waals surface area contributed by atoms with Gasteiger partial charge in [-0.25, -0.2) is 0 Å². The average molecular weight is 344 g/mol. The summed E-state index contributed by atoms with van der Waals surface area (Å²) in [5.74, 6) is 0.185. The Morgan fingerprint density at radius 2 is 2.08 bits per heavy atom. The number of fused-ring (bicyclic) bond motifs is 1.